The lowest BCUT2D eigenvalue weighted by atomic mass is 10.0. The van der Waals surface area contributed by atoms with E-state index in [1.807, 2.05) is 6.08 Å². The number of unbranched alkanes of at least 4 members (excludes halogenated alkanes) is 33. The van der Waals surface area contributed by atoms with Crippen LogP contribution in [0.15, 0.2) is 36.5 Å². The summed E-state index contributed by atoms with van der Waals surface area (Å²) in [5.74, 6) is -0.111. The molecule has 2 unspecified atom stereocenters. The zero-order valence-corrected chi connectivity index (χ0v) is 39.9. The van der Waals surface area contributed by atoms with Crippen LogP contribution in [0.3, 0.4) is 0 Å². The van der Waals surface area contributed by atoms with E-state index in [4.69, 9.17) is 4.74 Å². The van der Waals surface area contributed by atoms with Gasteiger partial charge in [-0.1, -0.05) is 243 Å². The molecule has 352 valence electrons. The minimum Gasteiger partial charge on any atom is -0.465 e. The molecule has 3 N–H and O–H groups in total. The molecule has 0 saturated carbocycles. The van der Waals surface area contributed by atoms with Gasteiger partial charge in [0.05, 0.1) is 25.4 Å². The maximum Gasteiger partial charge on any atom is 0.305 e. The topological polar surface area (TPSA) is 95.9 Å². The van der Waals surface area contributed by atoms with Gasteiger partial charge in [-0.15, -0.1) is 0 Å². The molecule has 0 heterocycles. The molecule has 0 bridgehead atoms. The van der Waals surface area contributed by atoms with Crippen LogP contribution in [0.25, 0.3) is 0 Å². The fraction of sp³-hybridized carbons (Fsp3) is 0.852. The third-order valence-electron chi connectivity index (χ3n) is 11.9. The number of carbonyl (C=O) groups is 2. The van der Waals surface area contributed by atoms with Crippen molar-refractivity contribution in [2.45, 2.75) is 283 Å². The van der Waals surface area contributed by atoms with Crippen molar-refractivity contribution in [1.29, 1.82) is 0 Å². The van der Waals surface area contributed by atoms with Gasteiger partial charge in [0.15, 0.2) is 0 Å². The Labute approximate surface area is 373 Å². The third-order valence-corrected chi connectivity index (χ3v) is 11.9. The number of rotatable bonds is 48. The smallest absolute Gasteiger partial charge is 0.305 e. The van der Waals surface area contributed by atoms with E-state index in [9.17, 15) is 19.8 Å². The molecule has 2 atom stereocenters. The Morgan fingerprint density at radius 2 is 0.833 bits per heavy atom. The second-order valence-corrected chi connectivity index (χ2v) is 17.9. The highest BCUT2D eigenvalue weighted by Crippen LogP contribution is 2.16. The number of nitrogens with one attached hydrogen (secondary N) is 1. The molecular formula is C54H101NO5. The van der Waals surface area contributed by atoms with Crippen LogP contribution in [0.4, 0.5) is 0 Å². The maximum atomic E-state index is 12.4. The van der Waals surface area contributed by atoms with Crippen molar-refractivity contribution in [2.24, 2.45) is 0 Å². The summed E-state index contributed by atoms with van der Waals surface area (Å²) in [5.41, 5.74) is 0. The summed E-state index contributed by atoms with van der Waals surface area (Å²) in [6.45, 7) is 4.76. The summed E-state index contributed by atoms with van der Waals surface area (Å²) in [5, 5.41) is 22.9. The first-order chi connectivity index (χ1) is 29.5. The lowest BCUT2D eigenvalue weighted by Crippen LogP contribution is -2.45. The van der Waals surface area contributed by atoms with Gasteiger partial charge in [-0.05, 0) is 51.4 Å². The summed E-state index contributed by atoms with van der Waals surface area (Å²) < 4.78 is 5.40. The van der Waals surface area contributed by atoms with Gasteiger partial charge in [-0.2, -0.15) is 0 Å². The quantitative estimate of drug-likeness (QED) is 0.0322. The molecule has 0 rings (SSSR count). The van der Waals surface area contributed by atoms with Gasteiger partial charge in [-0.3, -0.25) is 9.59 Å². The monoisotopic (exact) mass is 844 g/mol. The summed E-state index contributed by atoms with van der Waals surface area (Å²) in [6.07, 6.45) is 60.3. The summed E-state index contributed by atoms with van der Waals surface area (Å²) >= 11 is 0. The van der Waals surface area contributed by atoms with Crippen LogP contribution in [0.1, 0.15) is 271 Å². The third kappa shape index (κ3) is 45.6. The van der Waals surface area contributed by atoms with Crippen LogP contribution >= 0.6 is 0 Å². The van der Waals surface area contributed by atoms with Crippen molar-refractivity contribution in [3.8, 4) is 0 Å². The van der Waals surface area contributed by atoms with Crippen molar-refractivity contribution in [1.82, 2.24) is 5.32 Å². The van der Waals surface area contributed by atoms with E-state index in [2.05, 4.69) is 43.5 Å². The molecule has 60 heavy (non-hydrogen) atoms. The summed E-state index contributed by atoms with van der Waals surface area (Å²) in [6, 6.07) is -0.629. The van der Waals surface area contributed by atoms with Crippen molar-refractivity contribution >= 4 is 11.9 Å². The molecule has 1 amide bonds. The van der Waals surface area contributed by atoms with E-state index in [1.54, 1.807) is 6.08 Å². The molecule has 0 saturated heterocycles. The number of hydrogen-bond acceptors (Lipinski definition) is 5. The van der Waals surface area contributed by atoms with Gasteiger partial charge < -0.3 is 20.3 Å². The summed E-state index contributed by atoms with van der Waals surface area (Å²) in [7, 11) is 0. The van der Waals surface area contributed by atoms with E-state index in [0.29, 0.717) is 19.4 Å². The number of aliphatic hydroxyl groups is 2. The van der Waals surface area contributed by atoms with Crippen molar-refractivity contribution < 1.29 is 24.5 Å². The Morgan fingerprint density at radius 3 is 1.27 bits per heavy atom. The maximum absolute atomic E-state index is 12.4. The molecular weight excluding hydrogens is 743 g/mol. The fourth-order valence-corrected chi connectivity index (χ4v) is 7.88. The van der Waals surface area contributed by atoms with Gasteiger partial charge in [-0.25, -0.2) is 0 Å². The minimum absolute atomic E-state index is 0.0351. The van der Waals surface area contributed by atoms with Crippen LogP contribution < -0.4 is 5.32 Å². The molecule has 0 fully saturated rings. The first-order valence-corrected chi connectivity index (χ1v) is 26.3. The first-order valence-electron chi connectivity index (χ1n) is 26.3. The minimum atomic E-state index is -0.845. The van der Waals surface area contributed by atoms with Crippen molar-refractivity contribution in [3.63, 3.8) is 0 Å². The zero-order chi connectivity index (χ0) is 43.7. The molecule has 0 aliphatic carbocycles. The molecule has 0 aromatic rings. The zero-order valence-electron chi connectivity index (χ0n) is 39.9. The van der Waals surface area contributed by atoms with Crippen LogP contribution in [-0.4, -0.2) is 47.4 Å². The van der Waals surface area contributed by atoms with E-state index >= 15 is 0 Å². The standard InChI is InChI=1S/C54H101NO5/c1-3-5-7-9-11-13-14-24-28-32-36-40-44-48-54(59)60-49-45-41-37-33-29-26-23-21-19-17-15-16-18-20-22-25-27-31-35-39-43-47-53(58)55-51(50-56)52(57)46-42-38-34-30-12-10-8-6-4-2/h26,29,37,41-42,46,51-52,56-57H,3-25,27-28,30-36,38-40,43-45,47-50H2,1-2H3,(H,55,58)/b29-26-,41-37-,46-42+. The molecule has 0 aromatic carbocycles. The van der Waals surface area contributed by atoms with Crippen molar-refractivity contribution in [2.75, 3.05) is 13.2 Å². The molecule has 0 aliphatic heterocycles. The van der Waals surface area contributed by atoms with Gasteiger partial charge in [0, 0.05) is 12.8 Å². The lowest BCUT2D eigenvalue weighted by Gasteiger charge is -2.20. The Morgan fingerprint density at radius 1 is 0.467 bits per heavy atom. The first kappa shape index (κ1) is 58.1. The average Bonchev–Trinajstić information content (AvgIpc) is 3.25. The van der Waals surface area contributed by atoms with E-state index in [0.717, 1.165) is 51.4 Å². The Hall–Kier alpha value is -1.92. The predicted molar refractivity (Wildman–Crippen MR) is 259 cm³/mol. The Kier molecular flexibility index (Phi) is 48.1. The number of amides is 1. The van der Waals surface area contributed by atoms with E-state index < -0.39 is 12.1 Å². The number of allylic oxidation sites excluding steroid dienone is 4. The van der Waals surface area contributed by atoms with Crippen LogP contribution in [0.5, 0.6) is 0 Å². The fourth-order valence-electron chi connectivity index (χ4n) is 7.88. The highest BCUT2D eigenvalue weighted by atomic mass is 16.5. The van der Waals surface area contributed by atoms with Gasteiger partial charge in [0.25, 0.3) is 0 Å². The van der Waals surface area contributed by atoms with Crippen LogP contribution in [0, 0.1) is 0 Å². The summed E-state index contributed by atoms with van der Waals surface area (Å²) in [4.78, 5) is 24.3. The number of hydrogen-bond donors (Lipinski definition) is 3. The van der Waals surface area contributed by atoms with Gasteiger partial charge >= 0.3 is 5.97 Å². The van der Waals surface area contributed by atoms with Gasteiger partial charge in [0.1, 0.15) is 0 Å². The largest absolute Gasteiger partial charge is 0.465 e. The van der Waals surface area contributed by atoms with E-state index in [1.165, 1.54) is 193 Å². The molecule has 0 radical (unpaired) electrons. The Balaban J connectivity index is 3.45. The highest BCUT2D eigenvalue weighted by molar-refractivity contribution is 5.76. The normalized spacial score (nSPS) is 12.9. The van der Waals surface area contributed by atoms with Crippen LogP contribution in [-0.2, 0) is 14.3 Å². The number of carbonyl (C=O) groups excluding carboxylic acids is 2. The second-order valence-electron chi connectivity index (χ2n) is 17.9. The Bertz CT molecular complexity index is 977. The molecule has 0 aliphatic rings. The van der Waals surface area contributed by atoms with Crippen molar-refractivity contribution in [3.05, 3.63) is 36.5 Å². The molecule has 0 aromatic heterocycles. The molecule has 6 heteroatoms. The number of esters is 1. The highest BCUT2D eigenvalue weighted by Gasteiger charge is 2.18. The van der Waals surface area contributed by atoms with E-state index in [-0.39, 0.29) is 18.5 Å². The van der Waals surface area contributed by atoms with Gasteiger partial charge in [0.2, 0.25) is 5.91 Å². The predicted octanol–water partition coefficient (Wildman–Crippen LogP) is 15.7. The molecule has 6 nitrogen and oxygen atoms in total. The lowest BCUT2D eigenvalue weighted by molar-refractivity contribution is -0.143. The molecule has 0 spiro atoms. The second kappa shape index (κ2) is 49.7. The average molecular weight is 844 g/mol. The SMILES string of the molecule is CCCCCCCCC/C=C/C(O)C(CO)NC(=O)CCCCCCCCCCCCCCCC/C=C\C/C=C\CCOC(=O)CCCCCCCCCCCCCCC. The number of aliphatic hydroxyl groups excluding tert-OH is 2. The van der Waals surface area contributed by atoms with Crippen LogP contribution in [0.2, 0.25) is 0 Å². The number of ether oxygens (including phenoxy) is 1.